The first-order valence-corrected chi connectivity index (χ1v) is 8.77. The molecule has 0 spiro atoms. The van der Waals surface area contributed by atoms with Crippen LogP contribution in [0.15, 0.2) is 10.7 Å². The molecule has 3 heterocycles. The maximum Gasteiger partial charge on any atom is 0.317 e. The Morgan fingerprint density at radius 3 is 2.92 bits per heavy atom. The first-order chi connectivity index (χ1) is 11.9. The summed E-state index contributed by atoms with van der Waals surface area (Å²) in [5.41, 5.74) is 2.11. The maximum atomic E-state index is 12.6. The Bertz CT molecular complexity index is 737. The standard InChI is InChI=1S/C17H26N6O2/c1-11(15-9-18-22(4)12(15)2)19-17(24)23-7-5-6-14(10-23)8-16-20-13(3)25-21-16/h9,11,14H,5-8,10H2,1-4H3,(H,19,24)/t11-,14+/m0/s1. The van der Waals surface area contributed by atoms with Crippen LogP contribution in [0.1, 0.15) is 48.8 Å². The SMILES string of the molecule is Cc1nc(C[C@H]2CCCN(C(=O)N[C@@H](C)c3cnn(C)c3C)C2)no1. The Morgan fingerprint density at radius 2 is 2.28 bits per heavy atom. The second-order valence-electron chi connectivity index (χ2n) is 6.87. The largest absolute Gasteiger partial charge is 0.340 e. The summed E-state index contributed by atoms with van der Waals surface area (Å²) in [6.07, 6.45) is 4.64. The van der Waals surface area contributed by atoms with Crippen LogP contribution in [-0.2, 0) is 13.5 Å². The molecule has 1 saturated heterocycles. The molecule has 3 rings (SSSR count). The third-order valence-corrected chi connectivity index (χ3v) is 4.93. The van der Waals surface area contributed by atoms with Crippen LogP contribution < -0.4 is 5.32 Å². The van der Waals surface area contributed by atoms with Crippen LogP contribution in [0.5, 0.6) is 0 Å². The van der Waals surface area contributed by atoms with Crippen molar-refractivity contribution in [2.75, 3.05) is 13.1 Å². The lowest BCUT2D eigenvalue weighted by molar-refractivity contribution is 0.161. The van der Waals surface area contributed by atoms with Gasteiger partial charge in [-0.15, -0.1) is 0 Å². The van der Waals surface area contributed by atoms with E-state index in [0.29, 0.717) is 11.8 Å². The number of nitrogens with one attached hydrogen (secondary N) is 1. The number of hydrogen-bond donors (Lipinski definition) is 1. The van der Waals surface area contributed by atoms with E-state index in [2.05, 4.69) is 20.6 Å². The molecule has 0 aromatic carbocycles. The molecule has 2 amide bonds. The molecule has 2 aromatic rings. The van der Waals surface area contributed by atoms with E-state index in [0.717, 1.165) is 49.4 Å². The van der Waals surface area contributed by atoms with Crippen molar-refractivity contribution in [2.45, 2.75) is 46.1 Å². The normalized spacial score (nSPS) is 19.0. The van der Waals surface area contributed by atoms with Crippen molar-refractivity contribution in [2.24, 2.45) is 13.0 Å². The summed E-state index contributed by atoms with van der Waals surface area (Å²) < 4.78 is 6.85. The van der Waals surface area contributed by atoms with Gasteiger partial charge in [-0.3, -0.25) is 4.68 Å². The second-order valence-corrected chi connectivity index (χ2v) is 6.87. The Morgan fingerprint density at radius 1 is 1.48 bits per heavy atom. The van der Waals surface area contributed by atoms with Gasteiger partial charge in [-0.2, -0.15) is 10.1 Å². The molecular weight excluding hydrogens is 320 g/mol. The van der Waals surface area contributed by atoms with Gasteiger partial charge in [0.15, 0.2) is 5.82 Å². The van der Waals surface area contributed by atoms with E-state index in [1.54, 1.807) is 6.92 Å². The van der Waals surface area contributed by atoms with Gasteiger partial charge in [0, 0.05) is 44.7 Å². The van der Waals surface area contributed by atoms with Gasteiger partial charge in [-0.05, 0) is 32.6 Å². The summed E-state index contributed by atoms with van der Waals surface area (Å²) >= 11 is 0. The average Bonchev–Trinajstić information content (AvgIpc) is 3.14. The van der Waals surface area contributed by atoms with Gasteiger partial charge in [-0.1, -0.05) is 5.16 Å². The Hall–Kier alpha value is -2.38. The maximum absolute atomic E-state index is 12.6. The van der Waals surface area contributed by atoms with Crippen molar-refractivity contribution in [3.05, 3.63) is 29.2 Å². The van der Waals surface area contributed by atoms with Gasteiger partial charge >= 0.3 is 6.03 Å². The molecule has 1 fully saturated rings. The zero-order chi connectivity index (χ0) is 18.0. The van der Waals surface area contributed by atoms with Gasteiger partial charge < -0.3 is 14.7 Å². The molecule has 136 valence electrons. The average molecular weight is 346 g/mol. The molecule has 25 heavy (non-hydrogen) atoms. The minimum atomic E-state index is -0.0681. The van der Waals surface area contributed by atoms with E-state index in [9.17, 15) is 4.79 Å². The molecule has 0 radical (unpaired) electrons. The number of aryl methyl sites for hydroxylation is 2. The highest BCUT2D eigenvalue weighted by molar-refractivity contribution is 5.74. The van der Waals surface area contributed by atoms with Crippen LogP contribution in [0.3, 0.4) is 0 Å². The Balaban J connectivity index is 1.57. The first-order valence-electron chi connectivity index (χ1n) is 8.77. The summed E-state index contributed by atoms with van der Waals surface area (Å²) in [6.45, 7) is 7.30. The summed E-state index contributed by atoms with van der Waals surface area (Å²) in [7, 11) is 1.91. The highest BCUT2D eigenvalue weighted by atomic mass is 16.5. The lowest BCUT2D eigenvalue weighted by Crippen LogP contribution is -2.46. The smallest absolute Gasteiger partial charge is 0.317 e. The number of amides is 2. The van der Waals surface area contributed by atoms with Crippen LogP contribution in [-0.4, -0.2) is 43.9 Å². The van der Waals surface area contributed by atoms with Gasteiger partial charge in [0.1, 0.15) is 0 Å². The zero-order valence-corrected chi connectivity index (χ0v) is 15.3. The van der Waals surface area contributed by atoms with Gasteiger partial charge in [-0.25, -0.2) is 4.79 Å². The predicted octanol–water partition coefficient (Wildman–Crippen LogP) is 2.15. The number of rotatable bonds is 4. The van der Waals surface area contributed by atoms with Crippen LogP contribution in [0.2, 0.25) is 0 Å². The summed E-state index contributed by atoms with van der Waals surface area (Å²) in [6, 6.07) is -0.0915. The van der Waals surface area contributed by atoms with Crippen LogP contribution >= 0.6 is 0 Å². The summed E-state index contributed by atoms with van der Waals surface area (Å²) in [5, 5.41) is 11.3. The minimum absolute atomic E-state index is 0.0234. The summed E-state index contributed by atoms with van der Waals surface area (Å²) in [4.78, 5) is 18.8. The zero-order valence-electron chi connectivity index (χ0n) is 15.3. The molecule has 0 aliphatic carbocycles. The third kappa shape index (κ3) is 4.00. The fourth-order valence-electron chi connectivity index (χ4n) is 3.39. The van der Waals surface area contributed by atoms with E-state index in [4.69, 9.17) is 4.52 Å². The molecule has 8 heteroatoms. The predicted molar refractivity (Wildman–Crippen MR) is 91.9 cm³/mol. The fraction of sp³-hybridized carbons (Fsp3) is 0.647. The van der Waals surface area contributed by atoms with Crippen LogP contribution in [0, 0.1) is 19.8 Å². The van der Waals surface area contributed by atoms with Crippen molar-refractivity contribution in [3.8, 4) is 0 Å². The van der Waals surface area contributed by atoms with Crippen molar-refractivity contribution in [1.82, 2.24) is 30.1 Å². The van der Waals surface area contributed by atoms with Crippen molar-refractivity contribution in [1.29, 1.82) is 0 Å². The number of nitrogens with zero attached hydrogens (tertiary/aromatic N) is 5. The van der Waals surface area contributed by atoms with E-state index >= 15 is 0 Å². The molecule has 2 atom stereocenters. The molecule has 1 aliphatic rings. The van der Waals surface area contributed by atoms with E-state index in [1.807, 2.05) is 36.7 Å². The molecule has 2 aromatic heterocycles. The topological polar surface area (TPSA) is 89.1 Å². The minimum Gasteiger partial charge on any atom is -0.340 e. The second kappa shape index (κ2) is 7.25. The molecule has 8 nitrogen and oxygen atoms in total. The Labute approximate surface area is 147 Å². The number of urea groups is 1. The molecule has 0 saturated carbocycles. The van der Waals surface area contributed by atoms with E-state index in [-0.39, 0.29) is 12.1 Å². The van der Waals surface area contributed by atoms with Gasteiger partial charge in [0.2, 0.25) is 5.89 Å². The van der Waals surface area contributed by atoms with Crippen LogP contribution in [0.4, 0.5) is 4.79 Å². The first kappa shape index (κ1) is 17.4. The lowest BCUT2D eigenvalue weighted by atomic mass is 9.94. The molecule has 0 bridgehead atoms. The number of likely N-dealkylation sites (tertiary alicyclic amines) is 1. The molecule has 1 N–H and O–H groups in total. The number of aromatic nitrogens is 4. The Kier molecular flexibility index (Phi) is 5.06. The summed E-state index contributed by atoms with van der Waals surface area (Å²) in [5.74, 6) is 1.68. The highest BCUT2D eigenvalue weighted by Gasteiger charge is 2.26. The fourth-order valence-corrected chi connectivity index (χ4v) is 3.39. The van der Waals surface area contributed by atoms with Gasteiger partial charge in [0.25, 0.3) is 0 Å². The van der Waals surface area contributed by atoms with Crippen molar-refractivity contribution in [3.63, 3.8) is 0 Å². The third-order valence-electron chi connectivity index (χ3n) is 4.93. The quantitative estimate of drug-likeness (QED) is 0.916. The number of hydrogen-bond acceptors (Lipinski definition) is 5. The number of piperidine rings is 1. The van der Waals surface area contributed by atoms with Crippen molar-refractivity contribution < 1.29 is 9.32 Å². The molecular formula is C17H26N6O2. The van der Waals surface area contributed by atoms with Crippen LogP contribution in [0.25, 0.3) is 0 Å². The molecule has 0 unspecified atom stereocenters. The van der Waals surface area contributed by atoms with E-state index < -0.39 is 0 Å². The lowest BCUT2D eigenvalue weighted by Gasteiger charge is -2.33. The molecule has 1 aliphatic heterocycles. The number of carbonyl (C=O) groups excluding carboxylic acids is 1. The monoisotopic (exact) mass is 346 g/mol. The van der Waals surface area contributed by atoms with Gasteiger partial charge in [0.05, 0.1) is 12.2 Å². The van der Waals surface area contributed by atoms with Crippen molar-refractivity contribution >= 4 is 6.03 Å². The van der Waals surface area contributed by atoms with E-state index in [1.165, 1.54) is 0 Å². The highest BCUT2D eigenvalue weighted by Crippen LogP contribution is 2.21. The number of carbonyl (C=O) groups is 1.